The number of piperidine rings is 1. The molecule has 1 fully saturated rings. The quantitative estimate of drug-likeness (QED) is 0.496. The number of aryl methyl sites for hydroxylation is 1. The molecule has 2 atom stereocenters. The second-order valence-corrected chi connectivity index (χ2v) is 8.01. The fourth-order valence-corrected chi connectivity index (χ4v) is 4.69. The molecule has 0 saturated carbocycles. The summed E-state index contributed by atoms with van der Waals surface area (Å²) in [5, 5.41) is 1.22. The number of anilines is 1. The van der Waals surface area contributed by atoms with Gasteiger partial charge in [0, 0.05) is 30.4 Å². The highest BCUT2D eigenvalue weighted by molar-refractivity contribution is 5.96. The lowest BCUT2D eigenvalue weighted by molar-refractivity contribution is 0.357. The Hall–Kier alpha value is -2.62. The first-order valence-corrected chi connectivity index (χ1v) is 9.52. The van der Waals surface area contributed by atoms with E-state index in [2.05, 4.69) is 60.4 Å². The van der Waals surface area contributed by atoms with Crippen LogP contribution in [0.4, 0.5) is 5.69 Å². The Bertz CT molecular complexity index is 1120. The minimum atomic E-state index is 0.723. The molecule has 0 aliphatic carbocycles. The van der Waals surface area contributed by atoms with Crippen molar-refractivity contribution in [2.45, 2.75) is 27.2 Å². The van der Waals surface area contributed by atoms with E-state index in [1.165, 1.54) is 23.1 Å². The number of hydrogen-bond acceptors (Lipinski definition) is 3. The van der Waals surface area contributed by atoms with E-state index in [0.29, 0.717) is 0 Å². The molecular weight excluding hydrogens is 320 g/mol. The van der Waals surface area contributed by atoms with Crippen LogP contribution in [0.1, 0.15) is 25.8 Å². The predicted molar refractivity (Wildman–Crippen MR) is 108 cm³/mol. The standard InChI is InChI=1S/C22H24N4/c1-14-10-15(2)13-25(12-14)19-8-9-23-22-17(19)11-16(3)21-24-18-6-4-5-7-20(18)26(21)22/h4-9,11,14-15H,10,12-13H2,1-3H3/t14-,15+. The molecule has 3 aromatic heterocycles. The van der Waals surface area contributed by atoms with Crippen molar-refractivity contribution in [1.29, 1.82) is 0 Å². The third-order valence-corrected chi connectivity index (χ3v) is 5.64. The molecular formula is C22H24N4. The zero-order chi connectivity index (χ0) is 17.8. The molecule has 26 heavy (non-hydrogen) atoms. The van der Waals surface area contributed by atoms with Gasteiger partial charge in [-0.25, -0.2) is 9.97 Å². The van der Waals surface area contributed by atoms with Gasteiger partial charge in [0.15, 0.2) is 0 Å². The van der Waals surface area contributed by atoms with E-state index in [1.807, 2.05) is 12.3 Å². The van der Waals surface area contributed by atoms with Crippen molar-refractivity contribution in [2.24, 2.45) is 11.8 Å². The summed E-state index contributed by atoms with van der Waals surface area (Å²) in [4.78, 5) is 12.2. The van der Waals surface area contributed by atoms with Crippen LogP contribution in [0.15, 0.2) is 42.6 Å². The number of imidazole rings is 1. The Kier molecular flexibility index (Phi) is 3.42. The molecule has 1 aliphatic rings. The van der Waals surface area contributed by atoms with Gasteiger partial charge in [-0.3, -0.25) is 4.40 Å². The molecule has 4 aromatic rings. The maximum Gasteiger partial charge on any atom is 0.148 e. The van der Waals surface area contributed by atoms with Gasteiger partial charge >= 0.3 is 0 Å². The van der Waals surface area contributed by atoms with Crippen molar-refractivity contribution in [3.63, 3.8) is 0 Å². The van der Waals surface area contributed by atoms with Crippen LogP contribution in [0.2, 0.25) is 0 Å². The van der Waals surface area contributed by atoms with Gasteiger partial charge in [0.1, 0.15) is 11.3 Å². The van der Waals surface area contributed by atoms with E-state index < -0.39 is 0 Å². The van der Waals surface area contributed by atoms with E-state index >= 15 is 0 Å². The van der Waals surface area contributed by atoms with Crippen LogP contribution in [-0.2, 0) is 0 Å². The summed E-state index contributed by atoms with van der Waals surface area (Å²) in [5.74, 6) is 1.45. The number of nitrogens with zero attached hydrogens (tertiary/aromatic N) is 4. The summed E-state index contributed by atoms with van der Waals surface area (Å²) in [6.07, 6.45) is 3.26. The molecule has 1 aliphatic heterocycles. The van der Waals surface area contributed by atoms with Gasteiger partial charge in [-0.05, 0) is 55.0 Å². The summed E-state index contributed by atoms with van der Waals surface area (Å²) in [5.41, 5.74) is 6.65. The van der Waals surface area contributed by atoms with Crippen molar-refractivity contribution >= 4 is 33.4 Å². The number of hydrogen-bond donors (Lipinski definition) is 0. The molecule has 0 N–H and O–H groups in total. The predicted octanol–water partition coefficient (Wildman–Crippen LogP) is 4.83. The first-order valence-electron chi connectivity index (χ1n) is 9.52. The normalized spacial score (nSPS) is 21.1. The van der Waals surface area contributed by atoms with Gasteiger partial charge in [-0.1, -0.05) is 26.0 Å². The van der Waals surface area contributed by atoms with Gasteiger partial charge in [-0.15, -0.1) is 0 Å². The SMILES string of the molecule is Cc1cc2c(N3C[C@H](C)C[C@H](C)C3)ccnc2n2c1nc1ccccc12. The van der Waals surface area contributed by atoms with Gasteiger partial charge in [-0.2, -0.15) is 0 Å². The monoisotopic (exact) mass is 344 g/mol. The van der Waals surface area contributed by atoms with Crippen molar-refractivity contribution < 1.29 is 0 Å². The average Bonchev–Trinajstić information content (AvgIpc) is 3.01. The molecule has 5 rings (SSSR count). The lowest BCUT2D eigenvalue weighted by Gasteiger charge is -2.37. The van der Waals surface area contributed by atoms with Gasteiger partial charge < -0.3 is 4.90 Å². The maximum atomic E-state index is 4.84. The van der Waals surface area contributed by atoms with Gasteiger partial charge in [0.2, 0.25) is 0 Å². The fraction of sp³-hybridized carbons (Fsp3) is 0.364. The molecule has 4 heterocycles. The molecule has 0 unspecified atom stereocenters. The van der Waals surface area contributed by atoms with Crippen LogP contribution < -0.4 is 4.90 Å². The number of pyridine rings is 2. The second kappa shape index (κ2) is 5.70. The Morgan fingerprint density at radius 3 is 2.58 bits per heavy atom. The van der Waals surface area contributed by atoms with E-state index in [9.17, 15) is 0 Å². The molecule has 0 bridgehead atoms. The number of aromatic nitrogens is 3. The molecule has 4 nitrogen and oxygen atoms in total. The minimum Gasteiger partial charge on any atom is -0.370 e. The number of benzene rings is 1. The molecule has 1 aromatic carbocycles. The first-order chi connectivity index (χ1) is 12.6. The molecule has 0 amide bonds. The average molecular weight is 344 g/mol. The van der Waals surface area contributed by atoms with Crippen molar-refractivity contribution in [1.82, 2.24) is 14.4 Å². The Morgan fingerprint density at radius 2 is 1.77 bits per heavy atom. The first kappa shape index (κ1) is 15.6. The van der Waals surface area contributed by atoms with Crippen LogP contribution in [0.5, 0.6) is 0 Å². The zero-order valence-electron chi connectivity index (χ0n) is 15.6. The Balaban J connectivity index is 1.82. The summed E-state index contributed by atoms with van der Waals surface area (Å²) < 4.78 is 2.22. The number of rotatable bonds is 1. The molecule has 1 saturated heterocycles. The van der Waals surface area contributed by atoms with Crippen LogP contribution in [-0.4, -0.2) is 27.5 Å². The van der Waals surface area contributed by atoms with Crippen molar-refractivity contribution in [3.05, 3.63) is 48.2 Å². The third-order valence-electron chi connectivity index (χ3n) is 5.64. The zero-order valence-corrected chi connectivity index (χ0v) is 15.6. The summed E-state index contributed by atoms with van der Waals surface area (Å²) in [7, 11) is 0. The van der Waals surface area contributed by atoms with E-state index in [-0.39, 0.29) is 0 Å². The van der Waals surface area contributed by atoms with E-state index in [4.69, 9.17) is 9.97 Å². The fourth-order valence-electron chi connectivity index (χ4n) is 4.69. The number of para-hydroxylation sites is 2. The van der Waals surface area contributed by atoms with Crippen LogP contribution in [0, 0.1) is 18.8 Å². The highest BCUT2D eigenvalue weighted by atomic mass is 15.2. The summed E-state index contributed by atoms with van der Waals surface area (Å²) in [6, 6.07) is 12.8. The van der Waals surface area contributed by atoms with Gasteiger partial charge in [0.25, 0.3) is 0 Å². The lowest BCUT2D eigenvalue weighted by atomic mass is 9.91. The third kappa shape index (κ3) is 2.28. The second-order valence-electron chi connectivity index (χ2n) is 8.01. The van der Waals surface area contributed by atoms with Crippen molar-refractivity contribution in [3.8, 4) is 0 Å². The maximum absolute atomic E-state index is 4.84. The summed E-state index contributed by atoms with van der Waals surface area (Å²) in [6.45, 7) is 9.10. The highest BCUT2D eigenvalue weighted by Gasteiger charge is 2.24. The lowest BCUT2D eigenvalue weighted by Crippen LogP contribution is -2.38. The Labute approximate surface area is 153 Å². The molecule has 0 radical (unpaired) electrons. The van der Waals surface area contributed by atoms with Gasteiger partial charge in [0.05, 0.1) is 11.0 Å². The van der Waals surface area contributed by atoms with E-state index in [1.54, 1.807) is 0 Å². The summed E-state index contributed by atoms with van der Waals surface area (Å²) >= 11 is 0. The van der Waals surface area contributed by atoms with E-state index in [0.717, 1.165) is 47.3 Å². The van der Waals surface area contributed by atoms with Crippen molar-refractivity contribution in [2.75, 3.05) is 18.0 Å². The van der Waals surface area contributed by atoms with Crippen LogP contribution >= 0.6 is 0 Å². The molecule has 0 spiro atoms. The number of fused-ring (bicyclic) bond motifs is 5. The van der Waals surface area contributed by atoms with Crippen LogP contribution in [0.25, 0.3) is 27.7 Å². The highest BCUT2D eigenvalue weighted by Crippen LogP contribution is 2.33. The Morgan fingerprint density at radius 1 is 1.00 bits per heavy atom. The smallest absolute Gasteiger partial charge is 0.148 e. The molecule has 132 valence electrons. The molecule has 4 heteroatoms. The minimum absolute atomic E-state index is 0.723. The largest absolute Gasteiger partial charge is 0.370 e. The van der Waals surface area contributed by atoms with Crippen LogP contribution in [0.3, 0.4) is 0 Å². The topological polar surface area (TPSA) is 33.4 Å².